The molecule has 0 aromatic carbocycles. The highest BCUT2D eigenvalue weighted by Gasteiger charge is 2.19. The van der Waals surface area contributed by atoms with E-state index in [2.05, 4.69) is 66.1 Å². The van der Waals surface area contributed by atoms with Gasteiger partial charge in [0.15, 0.2) is 0 Å². The van der Waals surface area contributed by atoms with E-state index in [1.165, 1.54) is 0 Å². The lowest BCUT2D eigenvalue weighted by atomic mass is 10.0. The first-order valence-electron chi connectivity index (χ1n) is 14.7. The van der Waals surface area contributed by atoms with Crippen molar-refractivity contribution in [2.45, 2.75) is 39.3 Å². The van der Waals surface area contributed by atoms with E-state index in [-0.39, 0.29) is 0 Å². The van der Waals surface area contributed by atoms with Gasteiger partial charge in [-0.25, -0.2) is 0 Å². The van der Waals surface area contributed by atoms with Gasteiger partial charge in [-0.05, 0) is 71.8 Å². The second kappa shape index (κ2) is 14.8. The van der Waals surface area contributed by atoms with Crippen molar-refractivity contribution in [1.82, 2.24) is 39.7 Å². The zero-order valence-electron chi connectivity index (χ0n) is 24.5. The predicted octanol–water partition coefficient (Wildman–Crippen LogP) is 6.13. The third-order valence-corrected chi connectivity index (χ3v) is 7.24. The minimum absolute atomic E-state index is 0.665. The highest BCUT2D eigenvalue weighted by molar-refractivity contribution is 5.62. The summed E-state index contributed by atoms with van der Waals surface area (Å²) in [6, 6.07) is 32.4. The Bertz CT molecular complexity index is 1500. The molecule has 0 atom stereocenters. The first kappa shape index (κ1) is 28.9. The van der Waals surface area contributed by atoms with Gasteiger partial charge in [-0.3, -0.25) is 39.7 Å². The molecule has 0 bridgehead atoms. The molecule has 0 saturated carbocycles. The van der Waals surface area contributed by atoms with E-state index in [1.807, 2.05) is 97.8 Å². The SMILES string of the molecule is c1ccc(CN(Cc2ccccn2)Cc2cccnc2-c2ncccc2CN(Cc2ccccn2)Cc2ccccn2)nc1. The fourth-order valence-corrected chi connectivity index (χ4v) is 5.26. The second-order valence-electron chi connectivity index (χ2n) is 10.6. The molecule has 8 nitrogen and oxygen atoms in total. The van der Waals surface area contributed by atoms with Gasteiger partial charge in [0.05, 0.1) is 34.2 Å². The van der Waals surface area contributed by atoms with Gasteiger partial charge < -0.3 is 0 Å². The van der Waals surface area contributed by atoms with Gasteiger partial charge in [0.25, 0.3) is 0 Å². The molecule has 6 rings (SSSR count). The Labute approximate surface area is 258 Å². The number of aromatic nitrogens is 6. The minimum atomic E-state index is 0.665. The van der Waals surface area contributed by atoms with Crippen LogP contribution in [0.15, 0.2) is 134 Å². The summed E-state index contributed by atoms with van der Waals surface area (Å²) in [5.74, 6) is 0. The van der Waals surface area contributed by atoms with Gasteiger partial charge in [0.2, 0.25) is 0 Å². The van der Waals surface area contributed by atoms with Crippen LogP contribution in [-0.2, 0) is 39.3 Å². The first-order valence-corrected chi connectivity index (χ1v) is 14.7. The normalized spacial score (nSPS) is 11.2. The lowest BCUT2D eigenvalue weighted by Gasteiger charge is -2.24. The van der Waals surface area contributed by atoms with Crippen molar-refractivity contribution >= 4 is 0 Å². The van der Waals surface area contributed by atoms with Crippen molar-refractivity contribution < 1.29 is 0 Å². The summed E-state index contributed by atoms with van der Waals surface area (Å²) in [6.45, 7) is 4.06. The molecule has 0 aliphatic carbocycles. The molecule has 0 radical (unpaired) electrons. The zero-order chi connectivity index (χ0) is 29.8. The fourth-order valence-electron chi connectivity index (χ4n) is 5.26. The predicted molar refractivity (Wildman–Crippen MR) is 170 cm³/mol. The van der Waals surface area contributed by atoms with Crippen molar-refractivity contribution in [1.29, 1.82) is 0 Å². The van der Waals surface area contributed by atoms with Crippen molar-refractivity contribution in [3.63, 3.8) is 0 Å². The molecule has 0 fully saturated rings. The van der Waals surface area contributed by atoms with E-state index in [1.54, 1.807) is 0 Å². The highest BCUT2D eigenvalue weighted by Crippen LogP contribution is 2.27. The van der Waals surface area contributed by atoms with Crippen molar-refractivity contribution in [2.75, 3.05) is 0 Å². The molecule has 0 amide bonds. The van der Waals surface area contributed by atoms with Gasteiger partial charge in [0, 0.05) is 76.4 Å². The first-order chi connectivity index (χ1) is 21.8. The van der Waals surface area contributed by atoms with Crippen LogP contribution in [0.4, 0.5) is 0 Å². The van der Waals surface area contributed by atoms with Crippen molar-refractivity contribution in [3.8, 4) is 11.4 Å². The Morgan fingerprint density at radius 1 is 0.318 bits per heavy atom. The molecule has 0 aliphatic heterocycles. The van der Waals surface area contributed by atoms with E-state index in [9.17, 15) is 0 Å². The summed E-state index contributed by atoms with van der Waals surface area (Å²) in [6.07, 6.45) is 11.0. The van der Waals surface area contributed by atoms with Crippen LogP contribution in [-0.4, -0.2) is 39.7 Å². The molecule has 6 aromatic rings. The van der Waals surface area contributed by atoms with Gasteiger partial charge in [-0.15, -0.1) is 0 Å². The molecule has 0 saturated heterocycles. The number of hydrogen-bond acceptors (Lipinski definition) is 8. The molecule has 0 spiro atoms. The fraction of sp³-hybridized carbons (Fsp3) is 0.167. The van der Waals surface area contributed by atoms with E-state index < -0.39 is 0 Å². The van der Waals surface area contributed by atoms with E-state index in [0.717, 1.165) is 45.3 Å². The molecule has 0 unspecified atom stereocenters. The molecule has 0 aliphatic rings. The third-order valence-electron chi connectivity index (χ3n) is 7.24. The monoisotopic (exact) mass is 578 g/mol. The van der Waals surface area contributed by atoms with Crippen LogP contribution < -0.4 is 0 Å². The maximum Gasteiger partial charge on any atom is 0.0934 e. The van der Waals surface area contributed by atoms with Crippen LogP contribution in [0, 0.1) is 0 Å². The summed E-state index contributed by atoms with van der Waals surface area (Å²) in [4.78, 5) is 32.8. The third kappa shape index (κ3) is 8.01. The standard InChI is InChI=1S/C36H34N8/c1-5-17-37-31(13-1)25-43(26-32-14-2-6-18-38-32)23-29-11-9-21-41-35(29)36-30(12-10-22-42-36)24-44(27-33-15-3-7-19-39-33)28-34-16-4-8-20-40-34/h1-22H,23-28H2. The quantitative estimate of drug-likeness (QED) is 0.162. The lowest BCUT2D eigenvalue weighted by molar-refractivity contribution is 0.240. The second-order valence-corrected chi connectivity index (χ2v) is 10.6. The lowest BCUT2D eigenvalue weighted by Crippen LogP contribution is -2.25. The molecule has 8 heteroatoms. The van der Waals surface area contributed by atoms with Gasteiger partial charge in [-0.2, -0.15) is 0 Å². The number of nitrogens with zero attached hydrogens (tertiary/aromatic N) is 8. The summed E-state index contributed by atoms with van der Waals surface area (Å²) in [7, 11) is 0. The van der Waals surface area contributed by atoms with Crippen molar-refractivity contribution in [2.24, 2.45) is 0 Å². The zero-order valence-corrected chi connectivity index (χ0v) is 24.5. The van der Waals surface area contributed by atoms with Gasteiger partial charge >= 0.3 is 0 Å². The number of hydrogen-bond donors (Lipinski definition) is 0. The topological polar surface area (TPSA) is 83.8 Å². The summed E-state index contributed by atoms with van der Waals surface area (Å²) < 4.78 is 0. The van der Waals surface area contributed by atoms with E-state index in [4.69, 9.17) is 9.97 Å². The number of pyridine rings is 6. The van der Waals surface area contributed by atoms with E-state index >= 15 is 0 Å². The Kier molecular flexibility index (Phi) is 9.74. The Balaban J connectivity index is 1.30. The molecule has 218 valence electrons. The Morgan fingerprint density at radius 2 is 0.636 bits per heavy atom. The van der Waals surface area contributed by atoms with Crippen LogP contribution in [0.3, 0.4) is 0 Å². The van der Waals surface area contributed by atoms with Crippen molar-refractivity contribution in [3.05, 3.63) is 168 Å². The van der Waals surface area contributed by atoms with Crippen LogP contribution in [0.1, 0.15) is 33.9 Å². The molecule has 0 N–H and O–H groups in total. The Hall–Kier alpha value is -5.18. The molecule has 44 heavy (non-hydrogen) atoms. The molecule has 6 heterocycles. The van der Waals surface area contributed by atoms with Crippen LogP contribution >= 0.6 is 0 Å². The number of rotatable bonds is 13. The summed E-state index contributed by atoms with van der Waals surface area (Å²) in [5, 5.41) is 0. The summed E-state index contributed by atoms with van der Waals surface area (Å²) in [5.41, 5.74) is 7.98. The van der Waals surface area contributed by atoms with Crippen LogP contribution in [0.5, 0.6) is 0 Å². The van der Waals surface area contributed by atoms with Gasteiger partial charge in [0.1, 0.15) is 0 Å². The van der Waals surface area contributed by atoms with Gasteiger partial charge in [-0.1, -0.05) is 36.4 Å². The molecular formula is C36H34N8. The maximum absolute atomic E-state index is 4.89. The minimum Gasteiger partial charge on any atom is -0.287 e. The van der Waals surface area contributed by atoms with E-state index in [0.29, 0.717) is 39.3 Å². The Morgan fingerprint density at radius 3 is 0.932 bits per heavy atom. The average molecular weight is 579 g/mol. The van der Waals surface area contributed by atoms with Crippen LogP contribution in [0.25, 0.3) is 11.4 Å². The smallest absolute Gasteiger partial charge is 0.0934 e. The average Bonchev–Trinajstić information content (AvgIpc) is 3.07. The highest BCUT2D eigenvalue weighted by atomic mass is 15.1. The largest absolute Gasteiger partial charge is 0.287 e. The van der Waals surface area contributed by atoms with Crippen LogP contribution in [0.2, 0.25) is 0 Å². The molecular weight excluding hydrogens is 544 g/mol. The summed E-state index contributed by atoms with van der Waals surface area (Å²) >= 11 is 0. The molecule has 6 aromatic heterocycles. The maximum atomic E-state index is 4.89.